The number of rotatable bonds is 3. The first-order valence-electron chi connectivity index (χ1n) is 7.39. The van der Waals surface area contributed by atoms with Crippen molar-refractivity contribution in [2.24, 2.45) is 0 Å². The summed E-state index contributed by atoms with van der Waals surface area (Å²) in [4.78, 5) is 14.3. The molecule has 22 heavy (non-hydrogen) atoms. The number of amides is 1. The molecular weight excluding hydrogens is 321 g/mol. The van der Waals surface area contributed by atoms with Gasteiger partial charge < -0.3 is 14.8 Å². The molecule has 0 bridgehead atoms. The molecule has 0 spiro atoms. The molecule has 1 N–H and O–H groups in total. The highest BCUT2D eigenvalue weighted by Crippen LogP contribution is 2.20. The first-order chi connectivity index (χ1) is 10.1. The molecule has 3 rings (SSSR count). The van der Waals surface area contributed by atoms with Crippen molar-refractivity contribution in [3.63, 3.8) is 0 Å². The zero-order valence-electron chi connectivity index (χ0n) is 12.6. The molecular formula is C16H21Cl2N3O. The van der Waals surface area contributed by atoms with Crippen molar-refractivity contribution >= 4 is 40.8 Å². The van der Waals surface area contributed by atoms with E-state index in [9.17, 15) is 4.79 Å². The number of aromatic nitrogens is 1. The van der Waals surface area contributed by atoms with Crippen LogP contribution in [0.3, 0.4) is 0 Å². The summed E-state index contributed by atoms with van der Waals surface area (Å²) in [6, 6.07) is 8.28. The molecule has 120 valence electrons. The number of benzene rings is 1. The molecule has 1 atom stereocenters. The van der Waals surface area contributed by atoms with E-state index in [0.29, 0.717) is 19.0 Å². The standard InChI is InChI=1S/C16H20ClN3O.ClH/c1-12-11-20(9-6-18-12)16(21)5-8-19-7-4-13-10-14(17)2-3-15(13)19;/h2-4,7,10,12,18H,5-6,8-9,11H2,1H3;1H/t12-;/m1./s1. The largest absolute Gasteiger partial charge is 0.347 e. The lowest BCUT2D eigenvalue weighted by molar-refractivity contribution is -0.132. The lowest BCUT2D eigenvalue weighted by atomic mass is 10.2. The Hall–Kier alpha value is -1.23. The zero-order valence-corrected chi connectivity index (χ0v) is 14.2. The van der Waals surface area contributed by atoms with Gasteiger partial charge in [-0.2, -0.15) is 0 Å². The smallest absolute Gasteiger partial charge is 0.224 e. The van der Waals surface area contributed by atoms with Gasteiger partial charge in [0.25, 0.3) is 0 Å². The van der Waals surface area contributed by atoms with Crippen molar-refractivity contribution in [3.8, 4) is 0 Å². The van der Waals surface area contributed by atoms with Crippen LogP contribution >= 0.6 is 24.0 Å². The molecule has 4 nitrogen and oxygen atoms in total. The minimum atomic E-state index is 0. The second kappa shape index (κ2) is 7.36. The van der Waals surface area contributed by atoms with E-state index in [0.717, 1.165) is 35.6 Å². The molecule has 1 aliphatic rings. The Morgan fingerprint density at radius 2 is 2.23 bits per heavy atom. The van der Waals surface area contributed by atoms with Gasteiger partial charge in [-0.25, -0.2) is 0 Å². The van der Waals surface area contributed by atoms with E-state index in [1.807, 2.05) is 35.4 Å². The van der Waals surface area contributed by atoms with E-state index < -0.39 is 0 Å². The highest BCUT2D eigenvalue weighted by molar-refractivity contribution is 6.31. The van der Waals surface area contributed by atoms with Crippen LogP contribution in [0.2, 0.25) is 5.02 Å². The van der Waals surface area contributed by atoms with Gasteiger partial charge >= 0.3 is 0 Å². The van der Waals surface area contributed by atoms with Crippen LogP contribution in [-0.2, 0) is 11.3 Å². The predicted molar refractivity (Wildman–Crippen MR) is 92.9 cm³/mol. The van der Waals surface area contributed by atoms with Gasteiger partial charge in [0.15, 0.2) is 0 Å². The summed E-state index contributed by atoms with van der Waals surface area (Å²) in [5, 5.41) is 5.21. The molecule has 1 aromatic heterocycles. The molecule has 1 aliphatic heterocycles. The van der Waals surface area contributed by atoms with E-state index in [1.54, 1.807) is 0 Å². The molecule has 1 fully saturated rings. The number of carbonyl (C=O) groups excluding carboxylic acids is 1. The quantitative estimate of drug-likeness (QED) is 0.931. The number of piperazine rings is 1. The van der Waals surface area contributed by atoms with Crippen molar-refractivity contribution in [1.82, 2.24) is 14.8 Å². The Morgan fingerprint density at radius 3 is 3.00 bits per heavy atom. The minimum absolute atomic E-state index is 0. The minimum Gasteiger partial charge on any atom is -0.347 e. The van der Waals surface area contributed by atoms with Gasteiger partial charge in [0.05, 0.1) is 0 Å². The summed E-state index contributed by atoms with van der Waals surface area (Å²) in [7, 11) is 0. The SMILES string of the molecule is C[C@@H]1CN(C(=O)CCn2ccc3cc(Cl)ccc32)CCN1.Cl. The molecule has 2 heterocycles. The van der Waals surface area contributed by atoms with Crippen LogP contribution in [0.25, 0.3) is 10.9 Å². The van der Waals surface area contributed by atoms with Crippen LogP contribution in [0.4, 0.5) is 0 Å². The first-order valence-corrected chi connectivity index (χ1v) is 7.77. The van der Waals surface area contributed by atoms with E-state index >= 15 is 0 Å². The Kier molecular flexibility index (Phi) is 5.73. The fourth-order valence-electron chi connectivity index (χ4n) is 2.90. The molecule has 1 amide bonds. The maximum atomic E-state index is 12.3. The average molecular weight is 342 g/mol. The van der Waals surface area contributed by atoms with Crippen LogP contribution in [0.15, 0.2) is 30.5 Å². The van der Waals surface area contributed by atoms with E-state index in [2.05, 4.69) is 16.8 Å². The zero-order chi connectivity index (χ0) is 14.8. The van der Waals surface area contributed by atoms with Gasteiger partial charge in [-0.3, -0.25) is 4.79 Å². The van der Waals surface area contributed by atoms with Crippen LogP contribution in [0.5, 0.6) is 0 Å². The Bertz CT molecular complexity index is 656. The fourth-order valence-corrected chi connectivity index (χ4v) is 3.08. The summed E-state index contributed by atoms with van der Waals surface area (Å²) in [5.41, 5.74) is 1.13. The highest BCUT2D eigenvalue weighted by Gasteiger charge is 2.20. The molecule has 2 aromatic rings. The number of aryl methyl sites for hydroxylation is 1. The van der Waals surface area contributed by atoms with Crippen LogP contribution in [0, 0.1) is 0 Å². The Labute approximate surface area is 141 Å². The molecule has 6 heteroatoms. The second-order valence-corrected chi connectivity index (χ2v) is 6.09. The van der Waals surface area contributed by atoms with Gasteiger partial charge in [-0.15, -0.1) is 12.4 Å². The maximum absolute atomic E-state index is 12.3. The summed E-state index contributed by atoms with van der Waals surface area (Å²) in [5.74, 6) is 0.235. The number of halogens is 2. The molecule has 0 unspecified atom stereocenters. The summed E-state index contributed by atoms with van der Waals surface area (Å²) >= 11 is 5.99. The third-order valence-electron chi connectivity index (χ3n) is 4.02. The highest BCUT2D eigenvalue weighted by atomic mass is 35.5. The monoisotopic (exact) mass is 341 g/mol. The molecule has 1 saturated heterocycles. The van der Waals surface area contributed by atoms with Crippen molar-refractivity contribution in [3.05, 3.63) is 35.5 Å². The van der Waals surface area contributed by atoms with E-state index in [-0.39, 0.29) is 18.3 Å². The normalized spacial score (nSPS) is 18.3. The van der Waals surface area contributed by atoms with Gasteiger partial charge in [0.2, 0.25) is 5.91 Å². The third kappa shape index (κ3) is 3.75. The van der Waals surface area contributed by atoms with Crippen LogP contribution in [-0.4, -0.2) is 41.1 Å². The summed E-state index contributed by atoms with van der Waals surface area (Å²) < 4.78 is 2.12. The van der Waals surface area contributed by atoms with Gasteiger partial charge in [0, 0.05) is 60.8 Å². The van der Waals surface area contributed by atoms with Crippen molar-refractivity contribution in [2.45, 2.75) is 25.9 Å². The summed E-state index contributed by atoms with van der Waals surface area (Å²) in [6.07, 6.45) is 2.56. The van der Waals surface area contributed by atoms with E-state index in [4.69, 9.17) is 11.6 Å². The second-order valence-electron chi connectivity index (χ2n) is 5.66. The van der Waals surface area contributed by atoms with Crippen LogP contribution in [0.1, 0.15) is 13.3 Å². The lowest BCUT2D eigenvalue weighted by Gasteiger charge is -2.32. The lowest BCUT2D eigenvalue weighted by Crippen LogP contribution is -2.51. The topological polar surface area (TPSA) is 37.3 Å². The van der Waals surface area contributed by atoms with Crippen molar-refractivity contribution in [2.75, 3.05) is 19.6 Å². The van der Waals surface area contributed by atoms with Crippen LogP contribution < -0.4 is 5.32 Å². The van der Waals surface area contributed by atoms with Crippen molar-refractivity contribution < 1.29 is 4.79 Å². The number of hydrogen-bond acceptors (Lipinski definition) is 2. The number of nitrogens with zero attached hydrogens (tertiary/aromatic N) is 2. The molecule has 0 aliphatic carbocycles. The molecule has 0 saturated carbocycles. The number of fused-ring (bicyclic) bond motifs is 1. The van der Waals surface area contributed by atoms with Gasteiger partial charge in [-0.05, 0) is 31.2 Å². The summed E-state index contributed by atoms with van der Waals surface area (Å²) in [6.45, 7) is 5.33. The predicted octanol–water partition coefficient (Wildman–Crippen LogP) is 2.93. The maximum Gasteiger partial charge on any atom is 0.224 e. The fraction of sp³-hybridized carbons (Fsp3) is 0.438. The third-order valence-corrected chi connectivity index (χ3v) is 4.26. The first kappa shape index (κ1) is 17.1. The number of nitrogens with one attached hydrogen (secondary N) is 1. The van der Waals surface area contributed by atoms with Gasteiger partial charge in [0.1, 0.15) is 0 Å². The molecule has 1 aromatic carbocycles. The Morgan fingerprint density at radius 1 is 1.41 bits per heavy atom. The number of carbonyl (C=O) groups is 1. The molecule has 0 radical (unpaired) electrons. The Balaban J connectivity index is 0.00000176. The van der Waals surface area contributed by atoms with Gasteiger partial charge in [-0.1, -0.05) is 11.6 Å². The average Bonchev–Trinajstić information content (AvgIpc) is 2.87. The van der Waals surface area contributed by atoms with Crippen molar-refractivity contribution in [1.29, 1.82) is 0 Å². The number of hydrogen-bond donors (Lipinski definition) is 1. The van der Waals surface area contributed by atoms with E-state index in [1.165, 1.54) is 0 Å².